The summed E-state index contributed by atoms with van der Waals surface area (Å²) >= 11 is 6.03. The van der Waals surface area contributed by atoms with Crippen LogP contribution in [0.4, 0.5) is 0 Å². The number of likely N-dealkylation sites (tertiary alicyclic amines) is 1. The summed E-state index contributed by atoms with van der Waals surface area (Å²) < 4.78 is 5.25. The van der Waals surface area contributed by atoms with Gasteiger partial charge in [-0.3, -0.25) is 9.59 Å². The quantitative estimate of drug-likeness (QED) is 0.657. The number of hydrogen-bond acceptors (Lipinski definition) is 3. The molecule has 1 aromatic carbocycles. The topological polar surface area (TPSA) is 78.3 Å². The Kier molecular flexibility index (Phi) is 5.62. The number of furan rings is 1. The third-order valence-corrected chi connectivity index (χ3v) is 6.01. The molecule has 1 aliphatic heterocycles. The molecule has 2 aromatic heterocycles. The molecule has 0 bridgehead atoms. The molecule has 0 aliphatic carbocycles. The lowest BCUT2D eigenvalue weighted by molar-refractivity contribution is -0.126. The zero-order valence-electron chi connectivity index (χ0n) is 16.3. The number of aromatic nitrogens is 1. The molecule has 0 unspecified atom stereocenters. The fraction of sp³-hybridized carbons (Fsp3) is 0.364. The van der Waals surface area contributed by atoms with Gasteiger partial charge in [-0.2, -0.15) is 0 Å². The summed E-state index contributed by atoms with van der Waals surface area (Å²) in [5.41, 5.74) is 1.47. The van der Waals surface area contributed by atoms with Gasteiger partial charge in [0.2, 0.25) is 5.91 Å². The largest absolute Gasteiger partial charge is 0.467 e. The summed E-state index contributed by atoms with van der Waals surface area (Å²) in [5.74, 6) is 0.921. The highest BCUT2D eigenvalue weighted by atomic mass is 35.5. The summed E-state index contributed by atoms with van der Waals surface area (Å²) in [6, 6.07) is 11.0. The number of benzene rings is 1. The SMILES string of the molecule is C[C@H](C(=O)NCc1ccco1)C1CCN(C(=O)c2cc3cc(Cl)ccc3[nH]2)CC1. The molecule has 29 heavy (non-hydrogen) atoms. The highest BCUT2D eigenvalue weighted by Crippen LogP contribution is 2.27. The fourth-order valence-electron chi connectivity index (χ4n) is 3.95. The minimum absolute atomic E-state index is 0.00861. The van der Waals surface area contributed by atoms with Gasteiger partial charge in [-0.1, -0.05) is 18.5 Å². The summed E-state index contributed by atoms with van der Waals surface area (Å²) in [6.07, 6.45) is 3.22. The van der Waals surface area contributed by atoms with E-state index in [2.05, 4.69) is 10.3 Å². The van der Waals surface area contributed by atoms with Crippen LogP contribution in [-0.2, 0) is 11.3 Å². The van der Waals surface area contributed by atoms with Crippen molar-refractivity contribution in [2.75, 3.05) is 13.1 Å². The zero-order chi connectivity index (χ0) is 20.4. The molecule has 2 N–H and O–H groups in total. The number of nitrogens with one attached hydrogen (secondary N) is 2. The van der Waals surface area contributed by atoms with Gasteiger partial charge in [0.05, 0.1) is 12.8 Å². The van der Waals surface area contributed by atoms with Crippen LogP contribution in [0.1, 0.15) is 36.0 Å². The van der Waals surface area contributed by atoms with E-state index in [9.17, 15) is 9.59 Å². The number of H-pyrrole nitrogens is 1. The Morgan fingerprint density at radius 1 is 1.28 bits per heavy atom. The highest BCUT2D eigenvalue weighted by molar-refractivity contribution is 6.31. The van der Waals surface area contributed by atoms with Crippen molar-refractivity contribution in [1.29, 1.82) is 0 Å². The lowest BCUT2D eigenvalue weighted by atomic mass is 9.84. The van der Waals surface area contributed by atoms with Gasteiger partial charge in [-0.05, 0) is 55.2 Å². The van der Waals surface area contributed by atoms with Crippen LogP contribution in [0.5, 0.6) is 0 Å². The number of nitrogens with zero attached hydrogens (tertiary/aromatic N) is 1. The number of carbonyl (C=O) groups is 2. The van der Waals surface area contributed by atoms with Crippen molar-refractivity contribution in [2.24, 2.45) is 11.8 Å². The van der Waals surface area contributed by atoms with Crippen molar-refractivity contribution >= 4 is 34.3 Å². The van der Waals surface area contributed by atoms with Crippen LogP contribution in [0.2, 0.25) is 5.02 Å². The normalized spacial score (nSPS) is 16.1. The van der Waals surface area contributed by atoms with Gasteiger partial charge < -0.3 is 19.6 Å². The smallest absolute Gasteiger partial charge is 0.270 e. The van der Waals surface area contributed by atoms with E-state index < -0.39 is 0 Å². The van der Waals surface area contributed by atoms with Gasteiger partial charge in [0.1, 0.15) is 11.5 Å². The Hall–Kier alpha value is -2.73. The lowest BCUT2D eigenvalue weighted by Gasteiger charge is -2.34. The minimum Gasteiger partial charge on any atom is -0.467 e. The average Bonchev–Trinajstić information content (AvgIpc) is 3.40. The van der Waals surface area contributed by atoms with Crippen molar-refractivity contribution in [3.8, 4) is 0 Å². The van der Waals surface area contributed by atoms with Crippen molar-refractivity contribution in [1.82, 2.24) is 15.2 Å². The molecule has 2 amide bonds. The number of halogens is 1. The van der Waals surface area contributed by atoms with Crippen molar-refractivity contribution < 1.29 is 14.0 Å². The molecular weight excluding hydrogens is 390 g/mol. The lowest BCUT2D eigenvalue weighted by Crippen LogP contribution is -2.42. The Labute approximate surface area is 174 Å². The number of rotatable bonds is 5. The maximum absolute atomic E-state index is 12.9. The fourth-order valence-corrected chi connectivity index (χ4v) is 4.13. The van der Waals surface area contributed by atoms with E-state index >= 15 is 0 Å². The molecule has 152 valence electrons. The van der Waals surface area contributed by atoms with Crippen LogP contribution in [0.3, 0.4) is 0 Å². The highest BCUT2D eigenvalue weighted by Gasteiger charge is 2.30. The Morgan fingerprint density at radius 2 is 2.07 bits per heavy atom. The third kappa shape index (κ3) is 4.32. The first-order chi connectivity index (χ1) is 14.0. The Bertz CT molecular complexity index is 1000. The number of aromatic amines is 1. The van der Waals surface area contributed by atoms with Crippen LogP contribution in [0.25, 0.3) is 10.9 Å². The van der Waals surface area contributed by atoms with Gasteiger partial charge >= 0.3 is 0 Å². The van der Waals surface area contributed by atoms with E-state index in [4.69, 9.17) is 16.0 Å². The molecule has 1 saturated heterocycles. The molecule has 3 aromatic rings. The van der Waals surface area contributed by atoms with E-state index in [1.807, 2.05) is 36.1 Å². The van der Waals surface area contributed by atoms with Crippen LogP contribution in [-0.4, -0.2) is 34.8 Å². The number of fused-ring (bicyclic) bond motifs is 1. The molecule has 1 atom stereocenters. The van der Waals surface area contributed by atoms with Crippen LogP contribution in [0, 0.1) is 11.8 Å². The predicted molar refractivity (Wildman–Crippen MR) is 112 cm³/mol. The summed E-state index contributed by atoms with van der Waals surface area (Å²) in [7, 11) is 0. The molecule has 7 heteroatoms. The van der Waals surface area contributed by atoms with E-state index in [0.29, 0.717) is 30.4 Å². The molecular formula is C22H24ClN3O3. The minimum atomic E-state index is -0.0996. The Morgan fingerprint density at radius 3 is 2.79 bits per heavy atom. The first kappa shape index (κ1) is 19.6. The van der Waals surface area contributed by atoms with E-state index in [-0.39, 0.29) is 23.7 Å². The van der Waals surface area contributed by atoms with Crippen LogP contribution < -0.4 is 5.32 Å². The first-order valence-electron chi connectivity index (χ1n) is 9.89. The van der Waals surface area contributed by atoms with Gasteiger partial charge in [-0.25, -0.2) is 0 Å². The second-order valence-corrected chi connectivity index (χ2v) is 8.07. The van der Waals surface area contributed by atoms with Gasteiger partial charge in [-0.15, -0.1) is 0 Å². The molecule has 6 nitrogen and oxygen atoms in total. The van der Waals surface area contributed by atoms with Crippen LogP contribution in [0.15, 0.2) is 47.1 Å². The number of carbonyl (C=O) groups excluding carboxylic acids is 2. The standard InChI is InChI=1S/C22H24ClN3O3/c1-14(21(27)24-13-18-3-2-10-29-18)15-6-8-26(9-7-15)22(28)20-12-16-11-17(23)4-5-19(16)25-20/h2-5,10-12,14-15,25H,6-9,13H2,1H3,(H,24,27)/t14-/m0/s1. The van der Waals surface area contributed by atoms with Crippen molar-refractivity contribution in [2.45, 2.75) is 26.3 Å². The second-order valence-electron chi connectivity index (χ2n) is 7.63. The van der Waals surface area contributed by atoms with E-state index in [0.717, 1.165) is 29.5 Å². The first-order valence-corrected chi connectivity index (χ1v) is 10.3. The molecule has 0 radical (unpaired) electrons. The third-order valence-electron chi connectivity index (χ3n) is 5.78. The van der Waals surface area contributed by atoms with Crippen molar-refractivity contribution in [3.63, 3.8) is 0 Å². The molecule has 3 heterocycles. The molecule has 0 spiro atoms. The maximum Gasteiger partial charge on any atom is 0.270 e. The molecule has 0 saturated carbocycles. The predicted octanol–water partition coefficient (Wildman–Crippen LogP) is 4.22. The summed E-state index contributed by atoms with van der Waals surface area (Å²) in [4.78, 5) is 30.4. The van der Waals surface area contributed by atoms with Crippen molar-refractivity contribution in [3.05, 3.63) is 59.1 Å². The van der Waals surface area contributed by atoms with E-state index in [1.54, 1.807) is 18.4 Å². The summed E-state index contributed by atoms with van der Waals surface area (Å²) in [6.45, 7) is 3.66. The number of hydrogen-bond donors (Lipinski definition) is 2. The van der Waals surface area contributed by atoms with Gasteiger partial charge in [0.25, 0.3) is 5.91 Å². The monoisotopic (exact) mass is 413 g/mol. The molecule has 1 fully saturated rings. The second kappa shape index (κ2) is 8.33. The molecule has 4 rings (SSSR count). The average molecular weight is 414 g/mol. The molecule has 1 aliphatic rings. The van der Waals surface area contributed by atoms with Gasteiger partial charge in [0, 0.05) is 34.9 Å². The van der Waals surface area contributed by atoms with E-state index in [1.165, 1.54) is 0 Å². The zero-order valence-corrected chi connectivity index (χ0v) is 17.0. The maximum atomic E-state index is 12.9. The number of amides is 2. The number of piperidine rings is 1. The Balaban J connectivity index is 1.32. The van der Waals surface area contributed by atoms with Gasteiger partial charge in [0.15, 0.2) is 0 Å². The summed E-state index contributed by atoms with van der Waals surface area (Å²) in [5, 5.41) is 4.51. The van der Waals surface area contributed by atoms with Crippen LogP contribution >= 0.6 is 11.6 Å².